The lowest BCUT2D eigenvalue weighted by atomic mass is 9.86. The Kier molecular flexibility index (Phi) is 3.71. The molecule has 0 saturated heterocycles. The van der Waals surface area contributed by atoms with E-state index in [9.17, 15) is 0 Å². The van der Waals surface area contributed by atoms with E-state index in [0.717, 1.165) is 31.2 Å². The summed E-state index contributed by atoms with van der Waals surface area (Å²) in [7, 11) is 0. The van der Waals surface area contributed by atoms with Gasteiger partial charge in [-0.25, -0.2) is 0 Å². The molecule has 1 saturated carbocycles. The van der Waals surface area contributed by atoms with Gasteiger partial charge in [-0.05, 0) is 31.0 Å². The van der Waals surface area contributed by atoms with E-state index in [0.29, 0.717) is 28.3 Å². The average Bonchev–Trinajstić information content (AvgIpc) is 3.10. The standard InChI is InChI=1S/C14H15Cl2N3O/c15-10-4-3-9(7-11(10)16)12-18-13(20-19-12)14(8-17)5-1-2-6-14/h3-4,7H,1-2,5-6,8,17H2. The normalized spacial score (nSPS) is 17.6. The molecular weight excluding hydrogens is 297 g/mol. The van der Waals surface area contributed by atoms with Gasteiger partial charge in [-0.2, -0.15) is 4.98 Å². The van der Waals surface area contributed by atoms with Gasteiger partial charge in [0.1, 0.15) is 0 Å². The van der Waals surface area contributed by atoms with E-state index in [2.05, 4.69) is 10.1 Å². The lowest BCUT2D eigenvalue weighted by molar-refractivity contribution is 0.284. The molecule has 1 heterocycles. The van der Waals surface area contributed by atoms with E-state index in [4.69, 9.17) is 33.5 Å². The fraction of sp³-hybridized carbons (Fsp3) is 0.429. The fourth-order valence-corrected chi connectivity index (χ4v) is 3.05. The van der Waals surface area contributed by atoms with Crippen LogP contribution in [0.15, 0.2) is 22.7 Å². The van der Waals surface area contributed by atoms with Crippen molar-refractivity contribution in [1.29, 1.82) is 0 Å². The fourth-order valence-electron chi connectivity index (χ4n) is 2.75. The van der Waals surface area contributed by atoms with Crippen molar-refractivity contribution < 1.29 is 4.52 Å². The second-order valence-electron chi connectivity index (χ2n) is 5.24. The smallest absolute Gasteiger partial charge is 0.234 e. The van der Waals surface area contributed by atoms with Crippen LogP contribution in [0.5, 0.6) is 0 Å². The van der Waals surface area contributed by atoms with Crippen molar-refractivity contribution in [3.05, 3.63) is 34.1 Å². The third-order valence-electron chi connectivity index (χ3n) is 4.01. The quantitative estimate of drug-likeness (QED) is 0.936. The molecule has 3 rings (SSSR count). The zero-order valence-electron chi connectivity index (χ0n) is 10.9. The van der Waals surface area contributed by atoms with Gasteiger partial charge in [-0.15, -0.1) is 0 Å². The van der Waals surface area contributed by atoms with Gasteiger partial charge < -0.3 is 10.3 Å². The van der Waals surface area contributed by atoms with Crippen LogP contribution in [-0.4, -0.2) is 16.7 Å². The van der Waals surface area contributed by atoms with Gasteiger partial charge in [0.25, 0.3) is 0 Å². The van der Waals surface area contributed by atoms with E-state index in [1.165, 1.54) is 0 Å². The molecule has 0 amide bonds. The maximum atomic E-state index is 6.01. The molecule has 1 aliphatic rings. The molecule has 1 fully saturated rings. The second-order valence-corrected chi connectivity index (χ2v) is 6.06. The Morgan fingerprint density at radius 2 is 1.95 bits per heavy atom. The van der Waals surface area contributed by atoms with Crippen molar-refractivity contribution in [2.75, 3.05) is 6.54 Å². The Morgan fingerprint density at radius 3 is 2.60 bits per heavy atom. The molecule has 0 bridgehead atoms. The van der Waals surface area contributed by atoms with Crippen LogP contribution >= 0.6 is 23.2 Å². The summed E-state index contributed by atoms with van der Waals surface area (Å²) in [5.74, 6) is 1.16. The Balaban J connectivity index is 1.95. The Labute approximate surface area is 127 Å². The number of nitrogens with two attached hydrogens (primary N) is 1. The highest BCUT2D eigenvalue weighted by molar-refractivity contribution is 6.42. The summed E-state index contributed by atoms with van der Waals surface area (Å²) < 4.78 is 5.45. The van der Waals surface area contributed by atoms with Gasteiger partial charge in [0.15, 0.2) is 0 Å². The third kappa shape index (κ3) is 2.32. The highest BCUT2D eigenvalue weighted by Crippen LogP contribution is 2.40. The maximum Gasteiger partial charge on any atom is 0.234 e. The number of aromatic nitrogens is 2. The third-order valence-corrected chi connectivity index (χ3v) is 4.75. The number of rotatable bonds is 3. The lowest BCUT2D eigenvalue weighted by Gasteiger charge is -2.21. The second kappa shape index (κ2) is 5.35. The molecule has 0 aliphatic heterocycles. The highest BCUT2D eigenvalue weighted by atomic mass is 35.5. The topological polar surface area (TPSA) is 64.9 Å². The van der Waals surface area contributed by atoms with Crippen molar-refractivity contribution in [2.45, 2.75) is 31.1 Å². The molecule has 0 radical (unpaired) electrons. The SMILES string of the molecule is NCC1(c2nc(-c3ccc(Cl)c(Cl)c3)no2)CCCC1. The molecule has 2 N–H and O–H groups in total. The van der Waals surface area contributed by atoms with E-state index in [1.807, 2.05) is 6.07 Å². The monoisotopic (exact) mass is 311 g/mol. The summed E-state index contributed by atoms with van der Waals surface area (Å²) in [6, 6.07) is 5.29. The molecule has 4 nitrogen and oxygen atoms in total. The molecule has 0 atom stereocenters. The predicted molar refractivity (Wildman–Crippen MR) is 79.0 cm³/mol. The molecule has 2 aromatic rings. The summed E-state index contributed by atoms with van der Waals surface area (Å²) in [6.07, 6.45) is 4.32. The summed E-state index contributed by atoms with van der Waals surface area (Å²) in [5, 5.41) is 5.04. The van der Waals surface area contributed by atoms with Crippen LogP contribution in [0.1, 0.15) is 31.6 Å². The van der Waals surface area contributed by atoms with Crippen molar-refractivity contribution in [2.24, 2.45) is 5.73 Å². The van der Waals surface area contributed by atoms with Crippen LogP contribution in [0.3, 0.4) is 0 Å². The molecule has 6 heteroatoms. The van der Waals surface area contributed by atoms with E-state index in [-0.39, 0.29) is 5.41 Å². The average molecular weight is 312 g/mol. The van der Waals surface area contributed by atoms with Crippen molar-refractivity contribution in [1.82, 2.24) is 10.1 Å². The molecule has 0 spiro atoms. The predicted octanol–water partition coefficient (Wildman–Crippen LogP) is 3.81. The van der Waals surface area contributed by atoms with E-state index >= 15 is 0 Å². The van der Waals surface area contributed by atoms with Crippen LogP contribution in [0, 0.1) is 0 Å². The minimum absolute atomic E-state index is 0.151. The number of halogens is 2. The Morgan fingerprint density at radius 1 is 1.20 bits per heavy atom. The van der Waals surface area contributed by atoms with Crippen LogP contribution in [0.25, 0.3) is 11.4 Å². The van der Waals surface area contributed by atoms with Crippen LogP contribution < -0.4 is 5.73 Å². The summed E-state index contributed by atoms with van der Waals surface area (Å²) in [4.78, 5) is 4.52. The highest BCUT2D eigenvalue weighted by Gasteiger charge is 2.39. The summed E-state index contributed by atoms with van der Waals surface area (Å²) in [6.45, 7) is 0.538. The van der Waals surface area contributed by atoms with Gasteiger partial charge >= 0.3 is 0 Å². The zero-order chi connectivity index (χ0) is 14.2. The van der Waals surface area contributed by atoms with Gasteiger partial charge in [0, 0.05) is 12.1 Å². The van der Waals surface area contributed by atoms with Gasteiger partial charge in [-0.1, -0.05) is 41.2 Å². The van der Waals surface area contributed by atoms with Crippen LogP contribution in [0.4, 0.5) is 0 Å². The lowest BCUT2D eigenvalue weighted by Crippen LogP contribution is -2.32. The first-order valence-electron chi connectivity index (χ1n) is 6.64. The first-order chi connectivity index (χ1) is 9.64. The minimum Gasteiger partial charge on any atom is -0.338 e. The molecule has 106 valence electrons. The first-order valence-corrected chi connectivity index (χ1v) is 7.40. The van der Waals surface area contributed by atoms with E-state index < -0.39 is 0 Å². The van der Waals surface area contributed by atoms with Gasteiger partial charge in [0.05, 0.1) is 15.5 Å². The first kappa shape index (κ1) is 13.9. The Hall–Kier alpha value is -1.10. The number of benzene rings is 1. The molecule has 1 aromatic heterocycles. The van der Waals surface area contributed by atoms with Crippen LogP contribution in [-0.2, 0) is 5.41 Å². The van der Waals surface area contributed by atoms with Crippen molar-refractivity contribution >= 4 is 23.2 Å². The van der Waals surface area contributed by atoms with Crippen molar-refractivity contribution in [3.63, 3.8) is 0 Å². The molecule has 0 unspecified atom stereocenters. The molecule has 20 heavy (non-hydrogen) atoms. The van der Waals surface area contributed by atoms with E-state index in [1.54, 1.807) is 12.1 Å². The van der Waals surface area contributed by atoms with Gasteiger partial charge in [-0.3, -0.25) is 0 Å². The Bertz CT molecular complexity index is 621. The number of hydrogen-bond donors (Lipinski definition) is 1. The number of hydrogen-bond acceptors (Lipinski definition) is 4. The van der Waals surface area contributed by atoms with Crippen LogP contribution in [0.2, 0.25) is 10.0 Å². The summed E-state index contributed by atoms with van der Waals surface area (Å²) in [5.41, 5.74) is 6.57. The molecule has 1 aliphatic carbocycles. The van der Waals surface area contributed by atoms with Crippen molar-refractivity contribution in [3.8, 4) is 11.4 Å². The maximum absolute atomic E-state index is 6.01. The summed E-state index contributed by atoms with van der Waals surface area (Å²) >= 11 is 11.9. The largest absolute Gasteiger partial charge is 0.338 e. The number of nitrogens with zero attached hydrogens (tertiary/aromatic N) is 2. The molecule has 1 aromatic carbocycles. The van der Waals surface area contributed by atoms with Gasteiger partial charge in [0.2, 0.25) is 11.7 Å². The minimum atomic E-state index is -0.151. The zero-order valence-corrected chi connectivity index (χ0v) is 12.4. The molecular formula is C14H15Cl2N3O.